The lowest BCUT2D eigenvalue weighted by Crippen LogP contribution is -2.52. The maximum Gasteiger partial charge on any atom is 0.226 e. The van der Waals surface area contributed by atoms with Gasteiger partial charge in [-0.15, -0.1) is 0 Å². The van der Waals surface area contributed by atoms with Crippen molar-refractivity contribution in [2.24, 2.45) is 5.92 Å². The second kappa shape index (κ2) is 10.2. The number of rotatable bonds is 8. The van der Waals surface area contributed by atoms with Crippen LogP contribution in [0.15, 0.2) is 54.6 Å². The van der Waals surface area contributed by atoms with Crippen molar-refractivity contribution in [3.8, 4) is 5.75 Å². The average molecular weight is 445 g/mol. The van der Waals surface area contributed by atoms with Gasteiger partial charge in [0.05, 0.1) is 18.9 Å². The molecule has 0 saturated carbocycles. The van der Waals surface area contributed by atoms with E-state index in [1.54, 1.807) is 7.11 Å². The van der Waals surface area contributed by atoms with Crippen molar-refractivity contribution in [3.05, 3.63) is 60.2 Å². The molecule has 0 aromatic heterocycles. The number of hydrogen-bond donors (Lipinski definition) is 0. The lowest BCUT2D eigenvalue weighted by molar-refractivity contribution is -0.138. The molecule has 1 heterocycles. The number of anilines is 1. The maximum absolute atomic E-state index is 13.5. The molecule has 0 radical (unpaired) electrons. The summed E-state index contributed by atoms with van der Waals surface area (Å²) in [5.41, 5.74) is 2.15. The molecule has 0 spiro atoms. The van der Waals surface area contributed by atoms with Crippen LogP contribution in [0.3, 0.4) is 0 Å². The van der Waals surface area contributed by atoms with Crippen molar-refractivity contribution >= 4 is 21.4 Å². The van der Waals surface area contributed by atoms with Gasteiger partial charge in [-0.1, -0.05) is 43.3 Å². The molecule has 1 fully saturated rings. The third-order valence-electron chi connectivity index (χ3n) is 5.95. The molecule has 0 N–H and O–H groups in total. The SMILES string of the molecule is CCC(CCS(C)(=O)=O)C(=O)N1CCN(c2cccc(OC)c2)CC1c1ccccc1. The molecule has 7 heteroatoms. The van der Waals surface area contributed by atoms with Crippen LogP contribution < -0.4 is 9.64 Å². The van der Waals surface area contributed by atoms with Crippen LogP contribution in [0.4, 0.5) is 5.69 Å². The van der Waals surface area contributed by atoms with Gasteiger partial charge < -0.3 is 14.5 Å². The molecule has 2 unspecified atom stereocenters. The van der Waals surface area contributed by atoms with Gasteiger partial charge in [0.2, 0.25) is 5.91 Å². The third kappa shape index (κ3) is 6.00. The van der Waals surface area contributed by atoms with Gasteiger partial charge in [-0.05, 0) is 30.5 Å². The van der Waals surface area contributed by atoms with Crippen LogP contribution in [-0.4, -0.2) is 58.0 Å². The molecule has 0 bridgehead atoms. The minimum atomic E-state index is -3.10. The van der Waals surface area contributed by atoms with E-state index in [2.05, 4.69) is 23.1 Å². The summed E-state index contributed by atoms with van der Waals surface area (Å²) in [5.74, 6) is 0.602. The first-order valence-corrected chi connectivity index (χ1v) is 12.8. The topological polar surface area (TPSA) is 66.9 Å². The third-order valence-corrected chi connectivity index (χ3v) is 6.92. The largest absolute Gasteiger partial charge is 0.497 e. The Morgan fingerprint density at radius 3 is 2.52 bits per heavy atom. The van der Waals surface area contributed by atoms with Crippen molar-refractivity contribution in [2.45, 2.75) is 25.8 Å². The quantitative estimate of drug-likeness (QED) is 0.623. The molecule has 1 saturated heterocycles. The van der Waals surface area contributed by atoms with Gasteiger partial charge in [0.25, 0.3) is 0 Å². The number of carbonyl (C=O) groups is 1. The second-order valence-electron chi connectivity index (χ2n) is 8.13. The Morgan fingerprint density at radius 2 is 1.87 bits per heavy atom. The van der Waals surface area contributed by atoms with Crippen molar-refractivity contribution in [1.29, 1.82) is 0 Å². The van der Waals surface area contributed by atoms with E-state index >= 15 is 0 Å². The molecule has 168 valence electrons. The Balaban J connectivity index is 1.85. The molecule has 3 rings (SSSR count). The monoisotopic (exact) mass is 444 g/mol. The number of methoxy groups -OCH3 is 1. The highest BCUT2D eigenvalue weighted by Crippen LogP contribution is 2.32. The molecule has 1 amide bonds. The fourth-order valence-corrected chi connectivity index (χ4v) is 4.85. The van der Waals surface area contributed by atoms with Gasteiger partial charge in [-0.3, -0.25) is 4.79 Å². The highest BCUT2D eigenvalue weighted by molar-refractivity contribution is 7.90. The Kier molecular flexibility index (Phi) is 7.59. The zero-order valence-electron chi connectivity index (χ0n) is 18.5. The van der Waals surface area contributed by atoms with E-state index in [4.69, 9.17) is 4.74 Å². The lowest BCUT2D eigenvalue weighted by atomic mass is 9.96. The van der Waals surface area contributed by atoms with Crippen molar-refractivity contribution < 1.29 is 17.9 Å². The van der Waals surface area contributed by atoms with Crippen molar-refractivity contribution in [2.75, 3.05) is 43.7 Å². The predicted molar refractivity (Wildman–Crippen MR) is 124 cm³/mol. The van der Waals surface area contributed by atoms with E-state index in [1.807, 2.05) is 48.2 Å². The normalized spacial score (nSPS) is 18.0. The number of sulfone groups is 1. The Morgan fingerprint density at radius 1 is 1.13 bits per heavy atom. The first-order chi connectivity index (χ1) is 14.8. The number of hydrogen-bond acceptors (Lipinski definition) is 5. The van der Waals surface area contributed by atoms with E-state index in [9.17, 15) is 13.2 Å². The predicted octanol–water partition coefficient (Wildman–Crippen LogP) is 3.55. The molecule has 1 aliphatic rings. The zero-order valence-corrected chi connectivity index (χ0v) is 19.3. The standard InChI is InChI=1S/C24H32N2O4S/c1-4-19(13-16-31(3,28)29)24(27)26-15-14-25(21-11-8-12-22(17-21)30-2)18-23(26)20-9-6-5-7-10-20/h5-12,17,19,23H,4,13-16,18H2,1-3H3. The highest BCUT2D eigenvalue weighted by Gasteiger charge is 2.34. The minimum absolute atomic E-state index is 0.0387. The smallest absolute Gasteiger partial charge is 0.226 e. The summed E-state index contributed by atoms with van der Waals surface area (Å²) in [6.07, 6.45) is 2.22. The van der Waals surface area contributed by atoms with E-state index in [1.165, 1.54) is 6.26 Å². The molecule has 2 atom stereocenters. The molecule has 0 aliphatic carbocycles. The number of ether oxygens (including phenoxy) is 1. The van der Waals surface area contributed by atoms with Gasteiger partial charge in [0, 0.05) is 43.6 Å². The van der Waals surface area contributed by atoms with E-state index in [0.29, 0.717) is 32.5 Å². The molecule has 6 nitrogen and oxygen atoms in total. The van der Waals surface area contributed by atoms with Crippen molar-refractivity contribution in [1.82, 2.24) is 4.90 Å². The summed E-state index contributed by atoms with van der Waals surface area (Å²) in [5, 5.41) is 0. The van der Waals surface area contributed by atoms with Gasteiger partial charge in [-0.25, -0.2) is 8.42 Å². The van der Waals surface area contributed by atoms with Crippen LogP contribution >= 0.6 is 0 Å². The fraction of sp³-hybridized carbons (Fsp3) is 0.458. The van der Waals surface area contributed by atoms with Crippen LogP contribution in [-0.2, 0) is 14.6 Å². The van der Waals surface area contributed by atoms with Gasteiger partial charge in [-0.2, -0.15) is 0 Å². The molecule has 1 aliphatic heterocycles. The number of nitrogens with zero attached hydrogens (tertiary/aromatic N) is 2. The minimum Gasteiger partial charge on any atom is -0.497 e. The summed E-state index contributed by atoms with van der Waals surface area (Å²) in [6.45, 7) is 3.93. The molecule has 31 heavy (non-hydrogen) atoms. The summed E-state index contributed by atoms with van der Waals surface area (Å²) in [6, 6.07) is 17.9. The lowest BCUT2D eigenvalue weighted by Gasteiger charge is -2.44. The number of benzene rings is 2. The van der Waals surface area contributed by atoms with E-state index in [0.717, 1.165) is 17.0 Å². The zero-order chi connectivity index (χ0) is 22.4. The van der Waals surface area contributed by atoms with Crippen LogP contribution in [0, 0.1) is 5.92 Å². The van der Waals surface area contributed by atoms with Crippen LogP contribution in [0.2, 0.25) is 0 Å². The number of carbonyl (C=O) groups excluding carboxylic acids is 1. The van der Waals surface area contributed by atoms with Crippen LogP contribution in [0.1, 0.15) is 31.4 Å². The fourth-order valence-electron chi connectivity index (χ4n) is 4.14. The summed E-state index contributed by atoms with van der Waals surface area (Å²) in [4.78, 5) is 17.7. The summed E-state index contributed by atoms with van der Waals surface area (Å²) >= 11 is 0. The maximum atomic E-state index is 13.5. The summed E-state index contributed by atoms with van der Waals surface area (Å²) < 4.78 is 28.7. The molecular formula is C24H32N2O4S. The Hall–Kier alpha value is -2.54. The second-order valence-corrected chi connectivity index (χ2v) is 10.4. The first kappa shape index (κ1) is 23.1. The van der Waals surface area contributed by atoms with Crippen molar-refractivity contribution in [3.63, 3.8) is 0 Å². The van der Waals surface area contributed by atoms with Crippen LogP contribution in [0.5, 0.6) is 5.75 Å². The Labute approximate surface area is 185 Å². The van der Waals surface area contributed by atoms with Gasteiger partial charge in [0.1, 0.15) is 15.6 Å². The highest BCUT2D eigenvalue weighted by atomic mass is 32.2. The average Bonchev–Trinajstić information content (AvgIpc) is 2.79. The van der Waals surface area contributed by atoms with Crippen LogP contribution in [0.25, 0.3) is 0 Å². The summed E-state index contributed by atoms with van der Waals surface area (Å²) in [7, 11) is -1.44. The van der Waals surface area contributed by atoms with E-state index in [-0.39, 0.29) is 23.6 Å². The van der Waals surface area contributed by atoms with Gasteiger partial charge >= 0.3 is 0 Å². The van der Waals surface area contributed by atoms with E-state index < -0.39 is 9.84 Å². The van der Waals surface area contributed by atoms with Gasteiger partial charge in [0.15, 0.2) is 0 Å². The first-order valence-electron chi connectivity index (χ1n) is 10.7. The molecular weight excluding hydrogens is 412 g/mol. The number of piperazine rings is 1. The molecule has 2 aromatic rings. The number of amides is 1. The molecule has 2 aromatic carbocycles. The Bertz CT molecular complexity index is 978.